The SMILES string of the molecule is Fc1cccc(F)c1-c1cc(Cl)nc2ccccc12. The molecular formula is C15H8ClF2N. The molecule has 0 saturated heterocycles. The lowest BCUT2D eigenvalue weighted by Crippen LogP contribution is -1.92. The predicted molar refractivity (Wildman–Crippen MR) is 72.1 cm³/mol. The van der Waals surface area contributed by atoms with Crippen LogP contribution in [0.4, 0.5) is 8.78 Å². The van der Waals surface area contributed by atoms with E-state index in [0.29, 0.717) is 16.5 Å². The van der Waals surface area contributed by atoms with Gasteiger partial charge in [-0.15, -0.1) is 0 Å². The van der Waals surface area contributed by atoms with Crippen molar-refractivity contribution in [3.8, 4) is 11.1 Å². The maximum absolute atomic E-state index is 13.9. The van der Waals surface area contributed by atoms with Gasteiger partial charge in [-0.05, 0) is 29.8 Å². The Morgan fingerprint density at radius 2 is 1.58 bits per heavy atom. The Kier molecular flexibility index (Phi) is 2.91. The minimum atomic E-state index is -0.618. The zero-order valence-corrected chi connectivity index (χ0v) is 10.5. The molecule has 0 radical (unpaired) electrons. The van der Waals surface area contributed by atoms with E-state index in [1.807, 2.05) is 0 Å². The Hall–Kier alpha value is -2.00. The fraction of sp³-hybridized carbons (Fsp3) is 0. The van der Waals surface area contributed by atoms with Crippen molar-refractivity contribution < 1.29 is 8.78 Å². The fourth-order valence-corrected chi connectivity index (χ4v) is 2.31. The largest absolute Gasteiger partial charge is 0.236 e. The highest BCUT2D eigenvalue weighted by molar-refractivity contribution is 6.30. The average Bonchev–Trinajstić information content (AvgIpc) is 2.38. The van der Waals surface area contributed by atoms with Gasteiger partial charge in [0.25, 0.3) is 0 Å². The molecule has 1 nitrogen and oxygen atoms in total. The Morgan fingerprint density at radius 3 is 2.32 bits per heavy atom. The third-order valence-electron chi connectivity index (χ3n) is 2.92. The van der Waals surface area contributed by atoms with Gasteiger partial charge >= 0.3 is 0 Å². The lowest BCUT2D eigenvalue weighted by Gasteiger charge is -2.09. The molecule has 0 fully saturated rings. The average molecular weight is 276 g/mol. The third-order valence-corrected chi connectivity index (χ3v) is 3.11. The minimum absolute atomic E-state index is 0.0806. The van der Waals surface area contributed by atoms with Crippen molar-refractivity contribution in [1.82, 2.24) is 4.98 Å². The Labute approximate surface area is 113 Å². The zero-order chi connectivity index (χ0) is 13.4. The van der Waals surface area contributed by atoms with Crippen molar-refractivity contribution in [2.24, 2.45) is 0 Å². The third kappa shape index (κ3) is 2.06. The molecule has 4 heteroatoms. The molecular weight excluding hydrogens is 268 g/mol. The quantitative estimate of drug-likeness (QED) is 0.580. The van der Waals surface area contributed by atoms with E-state index in [2.05, 4.69) is 4.98 Å². The second kappa shape index (κ2) is 4.59. The van der Waals surface area contributed by atoms with Crippen molar-refractivity contribution >= 4 is 22.5 Å². The van der Waals surface area contributed by atoms with Gasteiger partial charge in [0, 0.05) is 5.39 Å². The standard InChI is InChI=1S/C15H8ClF2N/c16-14-8-10(9-4-1-2-7-13(9)19-14)15-11(17)5-3-6-12(15)18/h1-8H. The van der Waals surface area contributed by atoms with Gasteiger partial charge in [0.1, 0.15) is 16.8 Å². The van der Waals surface area contributed by atoms with Crippen molar-refractivity contribution in [2.75, 3.05) is 0 Å². The molecule has 3 aromatic rings. The van der Waals surface area contributed by atoms with Gasteiger partial charge < -0.3 is 0 Å². The van der Waals surface area contributed by atoms with Crippen LogP contribution in [-0.2, 0) is 0 Å². The number of hydrogen-bond donors (Lipinski definition) is 0. The van der Waals surface area contributed by atoms with E-state index in [4.69, 9.17) is 11.6 Å². The number of rotatable bonds is 1. The van der Waals surface area contributed by atoms with Crippen LogP contribution in [0.3, 0.4) is 0 Å². The Bertz CT molecular complexity index is 751. The number of para-hydroxylation sites is 1. The van der Waals surface area contributed by atoms with Crippen molar-refractivity contribution in [1.29, 1.82) is 0 Å². The summed E-state index contributed by atoms with van der Waals surface area (Å²) in [7, 11) is 0. The minimum Gasteiger partial charge on any atom is -0.236 e. The molecule has 1 heterocycles. The predicted octanol–water partition coefficient (Wildman–Crippen LogP) is 4.83. The highest BCUT2D eigenvalue weighted by Crippen LogP contribution is 2.33. The first-order chi connectivity index (χ1) is 9.16. The van der Waals surface area contributed by atoms with Crippen molar-refractivity contribution in [2.45, 2.75) is 0 Å². The molecule has 0 aliphatic carbocycles. The normalized spacial score (nSPS) is 10.9. The molecule has 0 atom stereocenters. The van der Waals surface area contributed by atoms with Crippen LogP contribution in [0.5, 0.6) is 0 Å². The highest BCUT2D eigenvalue weighted by Gasteiger charge is 2.15. The summed E-state index contributed by atoms with van der Waals surface area (Å²) in [5.74, 6) is -1.24. The number of pyridine rings is 1. The number of halogens is 3. The molecule has 3 rings (SSSR count). The number of hydrogen-bond acceptors (Lipinski definition) is 1. The number of nitrogens with zero attached hydrogens (tertiary/aromatic N) is 1. The van der Waals surface area contributed by atoms with E-state index < -0.39 is 11.6 Å². The molecule has 94 valence electrons. The van der Waals surface area contributed by atoms with Crippen LogP contribution in [0.1, 0.15) is 0 Å². The molecule has 1 aromatic heterocycles. The fourth-order valence-electron chi connectivity index (χ4n) is 2.11. The van der Waals surface area contributed by atoms with Gasteiger partial charge in [-0.1, -0.05) is 35.9 Å². The molecule has 0 spiro atoms. The second-order valence-electron chi connectivity index (χ2n) is 4.11. The lowest BCUT2D eigenvalue weighted by atomic mass is 10.0. The highest BCUT2D eigenvalue weighted by atomic mass is 35.5. The monoisotopic (exact) mass is 275 g/mol. The summed E-state index contributed by atoms with van der Waals surface area (Å²) in [4.78, 5) is 4.14. The van der Waals surface area contributed by atoms with Gasteiger partial charge in [-0.3, -0.25) is 0 Å². The lowest BCUT2D eigenvalue weighted by molar-refractivity contribution is 0.590. The number of benzene rings is 2. The van der Waals surface area contributed by atoms with Crippen LogP contribution in [0, 0.1) is 11.6 Å². The van der Waals surface area contributed by atoms with Crippen LogP contribution in [0.2, 0.25) is 5.15 Å². The smallest absolute Gasteiger partial charge is 0.134 e. The first kappa shape index (κ1) is 12.1. The second-order valence-corrected chi connectivity index (χ2v) is 4.49. The topological polar surface area (TPSA) is 12.9 Å². The molecule has 0 aliphatic heterocycles. The first-order valence-electron chi connectivity index (χ1n) is 5.66. The van der Waals surface area contributed by atoms with Crippen molar-refractivity contribution in [3.63, 3.8) is 0 Å². The molecule has 2 aromatic carbocycles. The summed E-state index contributed by atoms with van der Waals surface area (Å²) in [6.07, 6.45) is 0. The maximum Gasteiger partial charge on any atom is 0.134 e. The number of fused-ring (bicyclic) bond motifs is 1. The van der Waals surface area contributed by atoms with Gasteiger partial charge in [0.2, 0.25) is 0 Å². The van der Waals surface area contributed by atoms with Gasteiger partial charge in [-0.2, -0.15) is 0 Å². The summed E-state index contributed by atoms with van der Waals surface area (Å²) in [5.41, 5.74) is 0.932. The summed E-state index contributed by atoms with van der Waals surface area (Å²) in [6.45, 7) is 0. The first-order valence-corrected chi connectivity index (χ1v) is 6.04. The van der Waals surface area contributed by atoms with E-state index >= 15 is 0 Å². The van der Waals surface area contributed by atoms with Crippen molar-refractivity contribution in [3.05, 3.63) is 65.3 Å². The molecule has 0 bridgehead atoms. The Morgan fingerprint density at radius 1 is 0.895 bits per heavy atom. The van der Waals surface area contributed by atoms with E-state index in [9.17, 15) is 8.78 Å². The zero-order valence-electron chi connectivity index (χ0n) is 9.70. The van der Waals surface area contributed by atoms with Crippen LogP contribution < -0.4 is 0 Å². The van der Waals surface area contributed by atoms with Crippen LogP contribution in [0.15, 0.2) is 48.5 Å². The van der Waals surface area contributed by atoms with Gasteiger partial charge in [0.15, 0.2) is 0 Å². The molecule has 0 aliphatic rings. The molecule has 19 heavy (non-hydrogen) atoms. The summed E-state index contributed by atoms with van der Waals surface area (Å²) < 4.78 is 27.8. The summed E-state index contributed by atoms with van der Waals surface area (Å²) in [6, 6.07) is 12.4. The molecule has 0 unspecified atom stereocenters. The van der Waals surface area contributed by atoms with Crippen LogP contribution in [0.25, 0.3) is 22.0 Å². The molecule has 0 amide bonds. The van der Waals surface area contributed by atoms with E-state index in [0.717, 1.165) is 0 Å². The molecule has 0 saturated carbocycles. The summed E-state index contributed by atoms with van der Waals surface area (Å²) >= 11 is 5.92. The van der Waals surface area contributed by atoms with E-state index in [-0.39, 0.29) is 10.7 Å². The number of aromatic nitrogens is 1. The van der Waals surface area contributed by atoms with E-state index in [1.165, 1.54) is 24.3 Å². The molecule has 0 N–H and O–H groups in total. The van der Waals surface area contributed by atoms with E-state index in [1.54, 1.807) is 24.3 Å². The van der Waals surface area contributed by atoms with Crippen LogP contribution >= 0.6 is 11.6 Å². The van der Waals surface area contributed by atoms with Gasteiger partial charge in [0.05, 0.1) is 11.1 Å². The summed E-state index contributed by atoms with van der Waals surface area (Å²) in [5, 5.41) is 0.868. The maximum atomic E-state index is 13.9. The van der Waals surface area contributed by atoms with Gasteiger partial charge in [-0.25, -0.2) is 13.8 Å². The Balaban J connectivity index is 2.43. The van der Waals surface area contributed by atoms with Crippen LogP contribution in [-0.4, -0.2) is 4.98 Å².